The molecule has 0 aliphatic heterocycles. The largest absolute Gasteiger partial charge is 0.497 e. The van der Waals surface area contributed by atoms with Crippen molar-refractivity contribution in [1.29, 1.82) is 0 Å². The van der Waals surface area contributed by atoms with E-state index in [1.165, 1.54) is 10.9 Å². The van der Waals surface area contributed by atoms with E-state index in [1.54, 1.807) is 19.5 Å². The summed E-state index contributed by atoms with van der Waals surface area (Å²) in [7, 11) is 1.59. The average molecular weight is 353 g/mol. The first-order valence-electron chi connectivity index (χ1n) is 8.03. The Hall–Kier alpha value is -3.42. The van der Waals surface area contributed by atoms with Gasteiger partial charge in [-0.3, -0.25) is 14.6 Å². The van der Waals surface area contributed by atoms with E-state index in [0.717, 1.165) is 16.9 Å². The van der Waals surface area contributed by atoms with Crippen molar-refractivity contribution < 1.29 is 9.53 Å². The Kier molecular flexibility index (Phi) is 4.83. The second kappa shape index (κ2) is 7.22. The van der Waals surface area contributed by atoms with Crippen molar-refractivity contribution in [3.8, 4) is 11.7 Å². The summed E-state index contributed by atoms with van der Waals surface area (Å²) in [5, 5.41) is 6.87. The molecule has 26 heavy (non-hydrogen) atoms. The Balaban J connectivity index is 1.75. The monoisotopic (exact) mass is 353 g/mol. The standard InChI is InChI=1S/C18H19N5O3/c1-11-8-20-23(10-11)18-19-9-15(17(25)22-18)16(24)21-12(2)13-4-6-14(26-3)7-5-13/h4-10,12H,1-3H3,(H,21,24)(H,19,22,25)/t12-/m0/s1. The molecule has 0 saturated heterocycles. The molecule has 1 aromatic carbocycles. The predicted octanol–water partition coefficient (Wildman–Crippen LogP) is 1.76. The van der Waals surface area contributed by atoms with E-state index in [0.29, 0.717) is 0 Å². The van der Waals surface area contributed by atoms with E-state index < -0.39 is 11.5 Å². The molecule has 0 aliphatic carbocycles. The van der Waals surface area contributed by atoms with Gasteiger partial charge in [0.15, 0.2) is 0 Å². The van der Waals surface area contributed by atoms with Gasteiger partial charge in [-0.1, -0.05) is 12.1 Å². The predicted molar refractivity (Wildman–Crippen MR) is 95.6 cm³/mol. The van der Waals surface area contributed by atoms with Crippen LogP contribution in [0.25, 0.3) is 5.95 Å². The molecule has 0 bridgehead atoms. The van der Waals surface area contributed by atoms with Crippen LogP contribution in [0, 0.1) is 6.92 Å². The first-order chi connectivity index (χ1) is 12.5. The normalized spacial score (nSPS) is 11.8. The van der Waals surface area contributed by atoms with Crippen LogP contribution >= 0.6 is 0 Å². The molecule has 0 saturated carbocycles. The van der Waals surface area contributed by atoms with Crippen molar-refractivity contribution in [2.24, 2.45) is 0 Å². The zero-order valence-corrected chi connectivity index (χ0v) is 14.7. The topological polar surface area (TPSA) is 102 Å². The fourth-order valence-corrected chi connectivity index (χ4v) is 2.44. The minimum atomic E-state index is -0.525. The van der Waals surface area contributed by atoms with E-state index >= 15 is 0 Å². The molecule has 1 atom stereocenters. The second-order valence-corrected chi connectivity index (χ2v) is 5.88. The maximum absolute atomic E-state index is 12.4. The summed E-state index contributed by atoms with van der Waals surface area (Å²) >= 11 is 0. The van der Waals surface area contributed by atoms with Gasteiger partial charge in [-0.25, -0.2) is 9.67 Å². The number of nitrogens with one attached hydrogen (secondary N) is 2. The van der Waals surface area contributed by atoms with Crippen molar-refractivity contribution in [2.75, 3.05) is 7.11 Å². The Morgan fingerprint density at radius 1 is 1.27 bits per heavy atom. The highest BCUT2D eigenvalue weighted by atomic mass is 16.5. The highest BCUT2D eigenvalue weighted by molar-refractivity contribution is 5.93. The van der Waals surface area contributed by atoms with E-state index in [4.69, 9.17) is 4.74 Å². The zero-order valence-electron chi connectivity index (χ0n) is 14.7. The summed E-state index contributed by atoms with van der Waals surface area (Å²) in [6, 6.07) is 7.06. The summed E-state index contributed by atoms with van der Waals surface area (Å²) < 4.78 is 6.56. The molecule has 2 N–H and O–H groups in total. The highest BCUT2D eigenvalue weighted by Gasteiger charge is 2.16. The molecule has 134 valence electrons. The van der Waals surface area contributed by atoms with Crippen LogP contribution in [0.2, 0.25) is 0 Å². The van der Waals surface area contributed by atoms with Crippen molar-refractivity contribution in [2.45, 2.75) is 19.9 Å². The average Bonchev–Trinajstić information content (AvgIpc) is 3.08. The number of carbonyl (C=O) groups excluding carboxylic acids is 1. The fourth-order valence-electron chi connectivity index (χ4n) is 2.44. The van der Waals surface area contributed by atoms with Crippen molar-refractivity contribution >= 4 is 5.91 Å². The van der Waals surface area contributed by atoms with Crippen LogP contribution in [0.4, 0.5) is 0 Å². The molecule has 0 unspecified atom stereocenters. The molecule has 8 nitrogen and oxygen atoms in total. The van der Waals surface area contributed by atoms with Gasteiger partial charge >= 0.3 is 0 Å². The molecule has 0 radical (unpaired) electrons. The number of aryl methyl sites for hydroxylation is 1. The van der Waals surface area contributed by atoms with Crippen LogP contribution in [0.5, 0.6) is 5.75 Å². The second-order valence-electron chi connectivity index (χ2n) is 5.88. The molecular weight excluding hydrogens is 334 g/mol. The third kappa shape index (κ3) is 3.64. The van der Waals surface area contributed by atoms with E-state index in [9.17, 15) is 9.59 Å². The van der Waals surface area contributed by atoms with Gasteiger partial charge in [0.1, 0.15) is 11.3 Å². The third-order valence-corrected chi connectivity index (χ3v) is 3.92. The summed E-state index contributed by atoms with van der Waals surface area (Å²) in [4.78, 5) is 31.3. The summed E-state index contributed by atoms with van der Waals surface area (Å²) in [6.07, 6.45) is 4.63. The van der Waals surface area contributed by atoms with Gasteiger partial charge < -0.3 is 10.1 Å². The van der Waals surface area contributed by atoms with Crippen LogP contribution in [0.1, 0.15) is 34.5 Å². The quantitative estimate of drug-likeness (QED) is 0.728. The minimum Gasteiger partial charge on any atom is -0.497 e. The Labute approximate surface area is 149 Å². The Morgan fingerprint density at radius 2 is 2.00 bits per heavy atom. The van der Waals surface area contributed by atoms with E-state index in [2.05, 4.69) is 20.4 Å². The number of benzene rings is 1. The summed E-state index contributed by atoms with van der Waals surface area (Å²) in [5.74, 6) is 0.491. The van der Waals surface area contributed by atoms with Crippen molar-refractivity contribution in [3.05, 3.63) is 69.9 Å². The number of methoxy groups -OCH3 is 1. The SMILES string of the molecule is COc1ccc([C@H](C)NC(=O)c2cnc(-n3cc(C)cn3)[nH]c2=O)cc1. The first kappa shape index (κ1) is 17.4. The van der Waals surface area contributed by atoms with Crippen LogP contribution in [-0.2, 0) is 0 Å². The number of rotatable bonds is 5. The number of hydrogen-bond acceptors (Lipinski definition) is 5. The van der Waals surface area contributed by atoms with Gasteiger partial charge in [0.25, 0.3) is 11.5 Å². The lowest BCUT2D eigenvalue weighted by Crippen LogP contribution is -2.32. The van der Waals surface area contributed by atoms with Gasteiger partial charge in [0, 0.05) is 12.4 Å². The number of amides is 1. The summed E-state index contributed by atoms with van der Waals surface area (Å²) in [6.45, 7) is 3.71. The smallest absolute Gasteiger partial charge is 0.265 e. The molecule has 2 heterocycles. The lowest BCUT2D eigenvalue weighted by atomic mass is 10.1. The zero-order chi connectivity index (χ0) is 18.7. The Morgan fingerprint density at radius 3 is 2.58 bits per heavy atom. The highest BCUT2D eigenvalue weighted by Crippen LogP contribution is 2.17. The molecule has 3 rings (SSSR count). The number of nitrogens with zero attached hydrogens (tertiary/aromatic N) is 3. The number of H-pyrrole nitrogens is 1. The molecule has 0 fully saturated rings. The van der Waals surface area contributed by atoms with Gasteiger partial charge in [0.2, 0.25) is 5.95 Å². The van der Waals surface area contributed by atoms with Gasteiger partial charge in [-0.15, -0.1) is 0 Å². The Bertz CT molecular complexity index is 975. The first-order valence-corrected chi connectivity index (χ1v) is 8.03. The molecule has 2 aromatic heterocycles. The lowest BCUT2D eigenvalue weighted by molar-refractivity contribution is 0.0938. The third-order valence-electron chi connectivity index (χ3n) is 3.92. The minimum absolute atomic E-state index is 0.0574. The number of aromatic amines is 1. The van der Waals surface area contributed by atoms with Gasteiger partial charge in [0.05, 0.1) is 19.3 Å². The van der Waals surface area contributed by atoms with Crippen molar-refractivity contribution in [3.63, 3.8) is 0 Å². The molecule has 8 heteroatoms. The van der Waals surface area contributed by atoms with Crippen LogP contribution < -0.4 is 15.6 Å². The number of ether oxygens (including phenoxy) is 1. The summed E-state index contributed by atoms with van der Waals surface area (Å²) in [5.41, 5.74) is 1.25. The van der Waals surface area contributed by atoms with E-state index in [1.807, 2.05) is 38.1 Å². The maximum Gasteiger partial charge on any atom is 0.265 e. The van der Waals surface area contributed by atoms with Gasteiger partial charge in [-0.2, -0.15) is 5.10 Å². The van der Waals surface area contributed by atoms with Crippen LogP contribution in [-0.4, -0.2) is 32.8 Å². The molecule has 0 spiro atoms. The van der Waals surface area contributed by atoms with Crippen LogP contribution in [0.3, 0.4) is 0 Å². The van der Waals surface area contributed by atoms with Gasteiger partial charge in [-0.05, 0) is 37.1 Å². The molecule has 3 aromatic rings. The number of hydrogen-bond donors (Lipinski definition) is 2. The van der Waals surface area contributed by atoms with Crippen LogP contribution in [0.15, 0.2) is 47.7 Å². The van der Waals surface area contributed by atoms with Crippen molar-refractivity contribution in [1.82, 2.24) is 25.1 Å². The maximum atomic E-state index is 12.4. The molecule has 1 amide bonds. The fraction of sp³-hybridized carbons (Fsp3) is 0.222. The van der Waals surface area contributed by atoms with E-state index in [-0.39, 0.29) is 17.6 Å². The molecular formula is C18H19N5O3. The number of carbonyl (C=O) groups is 1. The lowest BCUT2D eigenvalue weighted by Gasteiger charge is -2.14. The number of aromatic nitrogens is 4. The molecule has 0 aliphatic rings.